The molecule has 1 fully saturated rings. The van der Waals surface area contributed by atoms with Gasteiger partial charge in [-0.3, -0.25) is 9.59 Å². The van der Waals surface area contributed by atoms with Crippen molar-refractivity contribution in [1.82, 2.24) is 24.8 Å². The molecular weight excluding hydrogens is 509 g/mol. The van der Waals surface area contributed by atoms with Crippen molar-refractivity contribution >= 4 is 55.5 Å². The number of hydrogen-bond donors (Lipinski definition) is 2. The molecule has 0 radical (unpaired) electrons. The molecule has 0 aliphatic carbocycles. The third kappa shape index (κ3) is 5.09. The number of amides is 2. The van der Waals surface area contributed by atoms with Gasteiger partial charge in [-0.05, 0) is 43.3 Å². The molecule has 0 unspecified atom stereocenters. The maximum absolute atomic E-state index is 13.0. The van der Waals surface area contributed by atoms with Gasteiger partial charge >= 0.3 is 6.18 Å². The SMILES string of the molecule is C[C@@H](NC(=O)c1ccc2c(c1)nc(Nc1nc3ccc(C(F)(F)F)cc3s1)n2C)C(=O)N1CCOCC1. The number of aromatic nitrogens is 3. The Morgan fingerprint density at radius 3 is 2.57 bits per heavy atom. The van der Waals surface area contributed by atoms with E-state index in [1.165, 1.54) is 6.07 Å². The highest BCUT2D eigenvalue weighted by atomic mass is 32.1. The number of rotatable bonds is 5. The molecule has 13 heteroatoms. The van der Waals surface area contributed by atoms with Gasteiger partial charge in [-0.2, -0.15) is 13.2 Å². The number of carbonyl (C=O) groups is 2. The molecule has 2 N–H and O–H groups in total. The quantitative estimate of drug-likeness (QED) is 0.404. The third-order valence-corrected chi connectivity index (χ3v) is 7.05. The molecule has 2 amide bonds. The van der Waals surface area contributed by atoms with Crippen molar-refractivity contribution in [1.29, 1.82) is 0 Å². The van der Waals surface area contributed by atoms with Gasteiger partial charge in [0.25, 0.3) is 5.91 Å². The number of hydrogen-bond acceptors (Lipinski definition) is 7. The molecule has 5 rings (SSSR count). The summed E-state index contributed by atoms with van der Waals surface area (Å²) in [5.74, 6) is -0.151. The summed E-state index contributed by atoms with van der Waals surface area (Å²) in [6, 6.07) is 7.72. The highest BCUT2D eigenvalue weighted by molar-refractivity contribution is 7.22. The summed E-state index contributed by atoms with van der Waals surface area (Å²) in [7, 11) is 1.77. The molecule has 4 aromatic rings. The molecule has 1 aliphatic heterocycles. The van der Waals surface area contributed by atoms with Crippen molar-refractivity contribution in [3.05, 3.63) is 47.5 Å². The number of nitrogens with zero attached hydrogens (tertiary/aromatic N) is 4. The summed E-state index contributed by atoms with van der Waals surface area (Å²) in [6.07, 6.45) is -4.43. The lowest BCUT2D eigenvalue weighted by atomic mass is 10.1. The van der Waals surface area contributed by atoms with Crippen LogP contribution in [0.2, 0.25) is 0 Å². The molecule has 1 saturated heterocycles. The minimum Gasteiger partial charge on any atom is -0.378 e. The first-order valence-electron chi connectivity index (χ1n) is 11.5. The van der Waals surface area contributed by atoms with Crippen molar-refractivity contribution in [2.75, 3.05) is 31.6 Å². The minimum atomic E-state index is -4.43. The predicted octanol–water partition coefficient (Wildman–Crippen LogP) is 3.92. The maximum Gasteiger partial charge on any atom is 0.416 e. The van der Waals surface area contributed by atoms with Crippen LogP contribution in [0.25, 0.3) is 21.3 Å². The highest BCUT2D eigenvalue weighted by Gasteiger charge is 2.31. The predicted molar refractivity (Wildman–Crippen MR) is 133 cm³/mol. The molecule has 1 atom stereocenters. The van der Waals surface area contributed by atoms with Crippen LogP contribution in [0.15, 0.2) is 36.4 Å². The second-order valence-electron chi connectivity index (χ2n) is 8.66. The van der Waals surface area contributed by atoms with Gasteiger partial charge in [-0.15, -0.1) is 0 Å². The molecule has 0 bridgehead atoms. The Morgan fingerprint density at radius 2 is 1.84 bits per heavy atom. The zero-order valence-corrected chi connectivity index (χ0v) is 20.7. The van der Waals surface area contributed by atoms with Crippen molar-refractivity contribution in [2.24, 2.45) is 7.05 Å². The highest BCUT2D eigenvalue weighted by Crippen LogP contribution is 2.35. The summed E-state index contributed by atoms with van der Waals surface area (Å²) < 4.78 is 46.5. The topological polar surface area (TPSA) is 101 Å². The van der Waals surface area contributed by atoms with E-state index in [1.807, 2.05) is 0 Å². The average molecular weight is 533 g/mol. The molecule has 3 heterocycles. The monoisotopic (exact) mass is 532 g/mol. The van der Waals surface area contributed by atoms with E-state index in [-0.39, 0.29) is 5.91 Å². The number of ether oxygens (including phenoxy) is 1. The van der Waals surface area contributed by atoms with Crippen molar-refractivity contribution in [3.8, 4) is 0 Å². The fourth-order valence-electron chi connectivity index (χ4n) is 4.10. The summed E-state index contributed by atoms with van der Waals surface area (Å²) in [4.78, 5) is 36.0. The number of imidazole rings is 1. The first kappa shape index (κ1) is 25.0. The molecular formula is C24H23F3N6O3S. The van der Waals surface area contributed by atoms with Gasteiger partial charge in [0.15, 0.2) is 5.13 Å². The number of halogens is 3. The molecule has 9 nitrogen and oxygen atoms in total. The fraction of sp³-hybridized carbons (Fsp3) is 0.333. The number of benzene rings is 2. The Balaban J connectivity index is 1.33. The van der Waals surface area contributed by atoms with E-state index in [1.54, 1.807) is 41.6 Å². The van der Waals surface area contributed by atoms with Crippen molar-refractivity contribution in [2.45, 2.75) is 19.1 Å². The lowest BCUT2D eigenvalue weighted by Crippen LogP contribution is -2.50. The Bertz CT molecular complexity index is 1490. The van der Waals surface area contributed by atoms with Crippen LogP contribution in [0.4, 0.5) is 24.3 Å². The Hall–Kier alpha value is -3.71. The third-order valence-electron chi connectivity index (χ3n) is 6.12. The number of alkyl halides is 3. The zero-order valence-electron chi connectivity index (χ0n) is 19.9. The van der Waals surface area contributed by atoms with Crippen molar-refractivity contribution in [3.63, 3.8) is 0 Å². The molecule has 1 aliphatic rings. The molecule has 2 aromatic heterocycles. The summed E-state index contributed by atoms with van der Waals surface area (Å²) in [5, 5.41) is 6.19. The average Bonchev–Trinajstić information content (AvgIpc) is 3.42. The Labute approximate surface area is 213 Å². The number of fused-ring (bicyclic) bond motifs is 2. The van der Waals surface area contributed by atoms with Crippen LogP contribution in [0, 0.1) is 0 Å². The van der Waals surface area contributed by atoms with E-state index in [0.29, 0.717) is 58.7 Å². The summed E-state index contributed by atoms with van der Waals surface area (Å²) >= 11 is 1.09. The molecule has 37 heavy (non-hydrogen) atoms. The van der Waals surface area contributed by atoms with E-state index in [2.05, 4.69) is 20.6 Å². The molecule has 0 saturated carbocycles. The van der Waals surface area contributed by atoms with E-state index in [9.17, 15) is 22.8 Å². The Kier molecular flexibility index (Phi) is 6.50. The lowest BCUT2D eigenvalue weighted by molar-refractivity contribution is -0.137. The van der Waals surface area contributed by atoms with Gasteiger partial charge in [-0.25, -0.2) is 9.97 Å². The fourth-order valence-corrected chi connectivity index (χ4v) is 5.00. The van der Waals surface area contributed by atoms with Crippen LogP contribution in [-0.2, 0) is 22.8 Å². The first-order valence-corrected chi connectivity index (χ1v) is 12.3. The molecule has 0 spiro atoms. The van der Waals surface area contributed by atoms with Crippen LogP contribution in [0.5, 0.6) is 0 Å². The second-order valence-corrected chi connectivity index (χ2v) is 9.69. The zero-order chi connectivity index (χ0) is 26.3. The maximum atomic E-state index is 13.0. The largest absolute Gasteiger partial charge is 0.416 e. The molecule has 2 aromatic carbocycles. The molecule has 194 valence electrons. The van der Waals surface area contributed by atoms with Crippen LogP contribution in [0.3, 0.4) is 0 Å². The standard InChI is InChI=1S/C24H23F3N6O3S/c1-13(21(35)33-7-9-36-10-8-33)28-20(34)14-3-6-18-17(11-14)29-22(32(18)2)31-23-30-16-5-4-15(24(25,26)27)12-19(16)37-23/h3-6,11-13H,7-10H2,1-2H3,(H,28,34)(H,29,30,31)/t13-/m1/s1. The number of nitrogens with one attached hydrogen (secondary N) is 2. The summed E-state index contributed by atoms with van der Waals surface area (Å²) in [6.45, 7) is 3.59. The number of thiazole rings is 1. The van der Waals surface area contributed by atoms with Gasteiger partial charge in [0.2, 0.25) is 11.9 Å². The lowest BCUT2D eigenvalue weighted by Gasteiger charge is -2.29. The normalized spacial score (nSPS) is 15.2. The second kappa shape index (κ2) is 9.63. The summed E-state index contributed by atoms with van der Waals surface area (Å²) in [5.41, 5.74) is 1.32. The van der Waals surface area contributed by atoms with Gasteiger partial charge < -0.3 is 24.8 Å². The number of morpholine rings is 1. The van der Waals surface area contributed by atoms with E-state index in [0.717, 1.165) is 29.0 Å². The number of carbonyl (C=O) groups excluding carboxylic acids is 2. The Morgan fingerprint density at radius 1 is 1.08 bits per heavy atom. The van der Waals surface area contributed by atoms with Crippen molar-refractivity contribution < 1.29 is 27.5 Å². The van der Waals surface area contributed by atoms with Gasteiger partial charge in [0.1, 0.15) is 6.04 Å². The van der Waals surface area contributed by atoms with Crippen LogP contribution in [-0.4, -0.2) is 63.6 Å². The minimum absolute atomic E-state index is 0.166. The van der Waals surface area contributed by atoms with E-state index in [4.69, 9.17) is 4.74 Å². The van der Waals surface area contributed by atoms with Crippen LogP contribution in [0.1, 0.15) is 22.8 Å². The first-order chi connectivity index (χ1) is 17.6. The van der Waals surface area contributed by atoms with Gasteiger partial charge in [-0.1, -0.05) is 11.3 Å². The van der Waals surface area contributed by atoms with Gasteiger partial charge in [0, 0.05) is 25.7 Å². The van der Waals surface area contributed by atoms with E-state index >= 15 is 0 Å². The number of anilines is 2. The van der Waals surface area contributed by atoms with Crippen LogP contribution < -0.4 is 10.6 Å². The van der Waals surface area contributed by atoms with Crippen LogP contribution >= 0.6 is 11.3 Å². The van der Waals surface area contributed by atoms with E-state index < -0.39 is 23.7 Å². The smallest absolute Gasteiger partial charge is 0.378 e. The number of aryl methyl sites for hydroxylation is 1. The van der Waals surface area contributed by atoms with Gasteiger partial charge in [0.05, 0.1) is 40.0 Å².